The van der Waals surface area contributed by atoms with E-state index in [2.05, 4.69) is 30.3 Å². The molecule has 0 radical (unpaired) electrons. The van der Waals surface area contributed by atoms with Crippen LogP contribution in [0.3, 0.4) is 0 Å². The van der Waals surface area contributed by atoms with E-state index in [0.717, 1.165) is 12.8 Å². The Bertz CT molecular complexity index is 376. The molecule has 0 saturated heterocycles. The molecule has 0 N–H and O–H groups in total. The zero-order valence-electron chi connectivity index (χ0n) is 10.8. The van der Waals surface area contributed by atoms with Crippen molar-refractivity contribution < 1.29 is 9.53 Å². The van der Waals surface area contributed by atoms with Gasteiger partial charge in [-0.1, -0.05) is 43.3 Å². The van der Waals surface area contributed by atoms with E-state index in [-0.39, 0.29) is 11.9 Å². The van der Waals surface area contributed by atoms with Crippen LogP contribution in [0.4, 0.5) is 0 Å². The van der Waals surface area contributed by atoms with Gasteiger partial charge in [-0.05, 0) is 30.9 Å². The maximum atomic E-state index is 11.2. The molecule has 2 heteroatoms. The number of carbonyl (C=O) groups excluding carboxylic acids is 1. The van der Waals surface area contributed by atoms with Crippen LogP contribution in [-0.2, 0) is 16.0 Å². The molecule has 1 rings (SSSR count). The lowest BCUT2D eigenvalue weighted by Crippen LogP contribution is -2.13. The molecular weight excluding hydrogens is 212 g/mol. The molecule has 0 amide bonds. The fourth-order valence-electron chi connectivity index (χ4n) is 1.69. The van der Waals surface area contributed by atoms with Crippen LogP contribution in [0.25, 0.3) is 6.08 Å². The number of rotatable bonds is 5. The van der Waals surface area contributed by atoms with E-state index in [1.807, 2.05) is 19.9 Å². The predicted molar refractivity (Wildman–Crippen MR) is 70.7 cm³/mol. The third-order valence-corrected chi connectivity index (χ3v) is 2.81. The lowest BCUT2D eigenvalue weighted by molar-refractivity contribution is -0.145. The van der Waals surface area contributed by atoms with Crippen LogP contribution < -0.4 is 0 Å². The highest BCUT2D eigenvalue weighted by Gasteiger charge is 2.12. The Hall–Kier alpha value is -1.57. The summed E-state index contributed by atoms with van der Waals surface area (Å²) in [7, 11) is 1.44. The van der Waals surface area contributed by atoms with Crippen LogP contribution in [-0.4, -0.2) is 13.1 Å². The van der Waals surface area contributed by atoms with Gasteiger partial charge in [0.05, 0.1) is 13.0 Å². The Morgan fingerprint density at radius 1 is 1.35 bits per heavy atom. The van der Waals surface area contributed by atoms with Gasteiger partial charge < -0.3 is 4.74 Å². The second-order valence-electron chi connectivity index (χ2n) is 4.20. The van der Waals surface area contributed by atoms with Crippen molar-refractivity contribution in [3.63, 3.8) is 0 Å². The van der Waals surface area contributed by atoms with Crippen LogP contribution in [0.2, 0.25) is 0 Å². The highest BCUT2D eigenvalue weighted by atomic mass is 16.5. The van der Waals surface area contributed by atoms with Crippen LogP contribution in [0.15, 0.2) is 30.3 Å². The molecule has 17 heavy (non-hydrogen) atoms. The van der Waals surface area contributed by atoms with Crippen molar-refractivity contribution in [2.24, 2.45) is 5.92 Å². The number of carbonyl (C=O) groups is 1. The largest absolute Gasteiger partial charge is 0.469 e. The van der Waals surface area contributed by atoms with E-state index in [0.29, 0.717) is 0 Å². The van der Waals surface area contributed by atoms with Gasteiger partial charge >= 0.3 is 5.97 Å². The van der Waals surface area contributed by atoms with Gasteiger partial charge in [-0.25, -0.2) is 0 Å². The Labute approximate surface area is 103 Å². The average molecular weight is 232 g/mol. The quantitative estimate of drug-likeness (QED) is 0.727. The molecule has 0 bridgehead atoms. The van der Waals surface area contributed by atoms with Crippen LogP contribution in [0, 0.1) is 5.92 Å². The molecule has 1 aromatic carbocycles. The van der Waals surface area contributed by atoms with Gasteiger partial charge in [0, 0.05) is 0 Å². The molecule has 0 aliphatic heterocycles. The number of aryl methyl sites for hydroxylation is 1. The van der Waals surface area contributed by atoms with Crippen molar-refractivity contribution in [1.29, 1.82) is 0 Å². The predicted octanol–water partition coefficient (Wildman–Crippen LogP) is 3.46. The first-order chi connectivity index (χ1) is 8.17. The standard InChI is InChI=1S/C15H20O2/c1-4-5-13-8-10-14(11-9-13)7-6-12(2)15(16)17-3/h4-5,8-12H,6-7H2,1-3H3/b5-4-/t12-/m0/s1. The first-order valence-corrected chi connectivity index (χ1v) is 5.97. The number of allylic oxidation sites excluding steroid dienone is 1. The van der Waals surface area contributed by atoms with Crippen molar-refractivity contribution >= 4 is 12.0 Å². The highest BCUT2D eigenvalue weighted by molar-refractivity contribution is 5.71. The smallest absolute Gasteiger partial charge is 0.308 e. The van der Waals surface area contributed by atoms with Gasteiger partial charge in [0.2, 0.25) is 0 Å². The fraction of sp³-hybridized carbons (Fsp3) is 0.400. The third-order valence-electron chi connectivity index (χ3n) is 2.81. The molecule has 0 aliphatic rings. The van der Waals surface area contributed by atoms with Gasteiger partial charge in [0.15, 0.2) is 0 Å². The summed E-state index contributed by atoms with van der Waals surface area (Å²) in [6.45, 7) is 3.91. The Morgan fingerprint density at radius 3 is 2.53 bits per heavy atom. The molecule has 0 aromatic heterocycles. The first kappa shape index (κ1) is 13.5. The minimum Gasteiger partial charge on any atom is -0.469 e. The summed E-state index contributed by atoms with van der Waals surface area (Å²) in [6, 6.07) is 8.41. The maximum absolute atomic E-state index is 11.2. The van der Waals surface area contributed by atoms with E-state index in [9.17, 15) is 4.79 Å². The Kier molecular flexibility index (Phi) is 5.47. The molecule has 0 unspecified atom stereocenters. The second-order valence-corrected chi connectivity index (χ2v) is 4.20. The molecule has 1 aromatic rings. The first-order valence-electron chi connectivity index (χ1n) is 5.97. The summed E-state index contributed by atoms with van der Waals surface area (Å²) >= 11 is 0. The number of hydrogen-bond acceptors (Lipinski definition) is 2. The van der Waals surface area contributed by atoms with Crippen molar-refractivity contribution in [3.8, 4) is 0 Å². The number of hydrogen-bond donors (Lipinski definition) is 0. The van der Waals surface area contributed by atoms with Crippen LogP contribution in [0.5, 0.6) is 0 Å². The normalized spacial score (nSPS) is 12.6. The van der Waals surface area contributed by atoms with Gasteiger partial charge in [0.25, 0.3) is 0 Å². The van der Waals surface area contributed by atoms with Crippen LogP contribution >= 0.6 is 0 Å². The lowest BCUT2D eigenvalue weighted by Gasteiger charge is -2.08. The summed E-state index contributed by atoms with van der Waals surface area (Å²) in [4.78, 5) is 11.2. The second kappa shape index (κ2) is 6.89. The van der Waals surface area contributed by atoms with Crippen molar-refractivity contribution in [1.82, 2.24) is 0 Å². The molecule has 1 atom stereocenters. The van der Waals surface area contributed by atoms with E-state index in [1.165, 1.54) is 18.2 Å². The summed E-state index contributed by atoms with van der Waals surface area (Å²) in [5, 5.41) is 0. The zero-order valence-corrected chi connectivity index (χ0v) is 10.8. The molecule has 0 heterocycles. The number of ether oxygens (including phenoxy) is 1. The lowest BCUT2D eigenvalue weighted by atomic mass is 10.0. The van der Waals surface area contributed by atoms with E-state index < -0.39 is 0 Å². The summed E-state index contributed by atoms with van der Waals surface area (Å²) < 4.78 is 4.70. The summed E-state index contributed by atoms with van der Waals surface area (Å²) in [5.74, 6) is -0.161. The Morgan fingerprint density at radius 2 is 2.00 bits per heavy atom. The van der Waals surface area contributed by atoms with Crippen molar-refractivity contribution in [3.05, 3.63) is 41.5 Å². The molecule has 2 nitrogen and oxygen atoms in total. The van der Waals surface area contributed by atoms with E-state index >= 15 is 0 Å². The Balaban J connectivity index is 2.49. The van der Waals surface area contributed by atoms with Gasteiger partial charge in [-0.3, -0.25) is 4.79 Å². The van der Waals surface area contributed by atoms with Gasteiger partial charge in [-0.15, -0.1) is 0 Å². The fourth-order valence-corrected chi connectivity index (χ4v) is 1.69. The minimum atomic E-state index is -0.129. The van der Waals surface area contributed by atoms with E-state index in [1.54, 1.807) is 0 Å². The zero-order chi connectivity index (χ0) is 12.7. The number of esters is 1. The monoisotopic (exact) mass is 232 g/mol. The van der Waals surface area contributed by atoms with Gasteiger partial charge in [0.1, 0.15) is 0 Å². The highest BCUT2D eigenvalue weighted by Crippen LogP contribution is 2.12. The van der Waals surface area contributed by atoms with Crippen molar-refractivity contribution in [2.75, 3.05) is 7.11 Å². The molecule has 0 spiro atoms. The summed E-state index contributed by atoms with van der Waals surface area (Å²) in [5.41, 5.74) is 2.46. The molecular formula is C15H20O2. The third kappa shape index (κ3) is 4.43. The molecule has 0 aliphatic carbocycles. The van der Waals surface area contributed by atoms with Gasteiger partial charge in [-0.2, -0.15) is 0 Å². The average Bonchev–Trinajstić information content (AvgIpc) is 2.37. The number of benzene rings is 1. The SMILES string of the molecule is C/C=C\c1ccc(CC[C@H](C)C(=O)OC)cc1. The van der Waals surface area contributed by atoms with Crippen LogP contribution in [0.1, 0.15) is 31.4 Å². The molecule has 0 saturated carbocycles. The maximum Gasteiger partial charge on any atom is 0.308 e. The number of methoxy groups -OCH3 is 1. The van der Waals surface area contributed by atoms with Crippen molar-refractivity contribution in [2.45, 2.75) is 26.7 Å². The molecule has 0 fully saturated rings. The molecule has 92 valence electrons. The van der Waals surface area contributed by atoms with E-state index in [4.69, 9.17) is 4.74 Å². The topological polar surface area (TPSA) is 26.3 Å². The minimum absolute atomic E-state index is 0.0322. The summed E-state index contributed by atoms with van der Waals surface area (Å²) in [6.07, 6.45) is 5.83.